The molecule has 0 aliphatic carbocycles. The summed E-state index contributed by atoms with van der Waals surface area (Å²) in [5.74, 6) is 0. The summed E-state index contributed by atoms with van der Waals surface area (Å²) >= 11 is 5.99. The molecular weight excluding hydrogens is 362 g/mol. The van der Waals surface area contributed by atoms with Crippen LogP contribution >= 0.6 is 11.6 Å². The number of nitrogens with zero attached hydrogens (tertiary/aromatic N) is 3. The lowest BCUT2D eigenvalue weighted by molar-refractivity contribution is 0.250. The normalized spacial score (nSPS) is 17.4. The van der Waals surface area contributed by atoms with E-state index in [0.717, 1.165) is 63.2 Å². The van der Waals surface area contributed by atoms with E-state index in [0.29, 0.717) is 13.1 Å². The summed E-state index contributed by atoms with van der Waals surface area (Å²) in [4.78, 5) is 27.0. The monoisotopic (exact) mass is 389 g/mol. The van der Waals surface area contributed by atoms with E-state index in [2.05, 4.69) is 17.0 Å². The van der Waals surface area contributed by atoms with Crippen molar-refractivity contribution in [2.75, 3.05) is 13.1 Å². The summed E-state index contributed by atoms with van der Waals surface area (Å²) in [6.45, 7) is 4.23. The molecule has 1 aromatic heterocycles. The molecule has 0 unspecified atom stereocenters. The Labute approximate surface area is 165 Å². The van der Waals surface area contributed by atoms with Gasteiger partial charge >= 0.3 is 5.69 Å². The van der Waals surface area contributed by atoms with Gasteiger partial charge in [0, 0.05) is 36.9 Å². The van der Waals surface area contributed by atoms with Crippen LogP contribution in [0.3, 0.4) is 0 Å². The van der Waals surface area contributed by atoms with Crippen molar-refractivity contribution < 1.29 is 0 Å². The fourth-order valence-electron chi connectivity index (χ4n) is 3.63. The summed E-state index contributed by atoms with van der Waals surface area (Å²) in [7, 11) is 0. The SMILES string of the molecule is O=c1ccn2c(=O)n1CCCCCN(Cc1ccc(Cl)cc1)CCCCC2. The molecule has 3 rings (SSSR count). The van der Waals surface area contributed by atoms with Crippen molar-refractivity contribution in [1.82, 2.24) is 14.0 Å². The van der Waals surface area contributed by atoms with E-state index in [-0.39, 0.29) is 11.2 Å². The van der Waals surface area contributed by atoms with Crippen LogP contribution in [-0.4, -0.2) is 27.1 Å². The van der Waals surface area contributed by atoms with Crippen LogP contribution in [0, 0.1) is 0 Å². The van der Waals surface area contributed by atoms with E-state index < -0.39 is 0 Å². The van der Waals surface area contributed by atoms with E-state index in [1.165, 1.54) is 16.2 Å². The van der Waals surface area contributed by atoms with Gasteiger partial charge in [-0.05, 0) is 56.5 Å². The van der Waals surface area contributed by atoms with Crippen LogP contribution < -0.4 is 11.2 Å². The van der Waals surface area contributed by atoms with E-state index in [1.54, 1.807) is 10.8 Å². The lowest BCUT2D eigenvalue weighted by Gasteiger charge is -2.23. The van der Waals surface area contributed by atoms with Gasteiger partial charge in [0.15, 0.2) is 0 Å². The summed E-state index contributed by atoms with van der Waals surface area (Å²) < 4.78 is 3.07. The molecule has 0 radical (unpaired) electrons. The fourth-order valence-corrected chi connectivity index (χ4v) is 3.75. The van der Waals surface area contributed by atoms with Crippen LogP contribution in [0.1, 0.15) is 44.1 Å². The number of halogens is 1. The van der Waals surface area contributed by atoms with Crippen LogP contribution in [0.25, 0.3) is 0 Å². The number of hydrogen-bond acceptors (Lipinski definition) is 3. The predicted molar refractivity (Wildman–Crippen MR) is 109 cm³/mol. The topological polar surface area (TPSA) is 47.2 Å². The van der Waals surface area contributed by atoms with Gasteiger partial charge in [-0.3, -0.25) is 14.3 Å². The zero-order valence-electron chi connectivity index (χ0n) is 15.8. The average molecular weight is 390 g/mol. The van der Waals surface area contributed by atoms with Crippen LogP contribution in [0.5, 0.6) is 0 Å². The highest BCUT2D eigenvalue weighted by molar-refractivity contribution is 6.30. The van der Waals surface area contributed by atoms with Gasteiger partial charge < -0.3 is 4.57 Å². The first kappa shape index (κ1) is 19.9. The van der Waals surface area contributed by atoms with Gasteiger partial charge in [0.25, 0.3) is 5.56 Å². The standard InChI is InChI=1S/C21H28ClN3O2/c22-19-9-7-18(8-10-19)17-23-12-3-1-5-14-24-16-11-20(26)25(21(24)27)15-6-2-4-13-23/h7-11,16H,1-6,12-15,17H2. The van der Waals surface area contributed by atoms with Gasteiger partial charge in [0.1, 0.15) is 0 Å². The minimum absolute atomic E-state index is 0.163. The maximum absolute atomic E-state index is 12.4. The smallest absolute Gasteiger partial charge is 0.300 e. The first-order valence-electron chi connectivity index (χ1n) is 9.90. The zero-order valence-corrected chi connectivity index (χ0v) is 16.5. The van der Waals surface area contributed by atoms with Gasteiger partial charge in [-0.15, -0.1) is 0 Å². The first-order valence-corrected chi connectivity index (χ1v) is 10.3. The lowest BCUT2D eigenvalue weighted by atomic mass is 10.1. The van der Waals surface area contributed by atoms with Crippen LogP contribution in [0.4, 0.5) is 0 Å². The number of hydrogen-bond donors (Lipinski definition) is 0. The van der Waals surface area contributed by atoms with Gasteiger partial charge in [0.2, 0.25) is 0 Å². The Hall–Kier alpha value is -1.85. The predicted octanol–water partition coefficient (Wildman–Crippen LogP) is 3.52. The molecule has 27 heavy (non-hydrogen) atoms. The summed E-state index contributed by atoms with van der Waals surface area (Å²) in [6.07, 6.45) is 7.71. The maximum atomic E-state index is 12.4. The average Bonchev–Trinajstić information content (AvgIpc) is 2.66. The minimum atomic E-state index is -0.187. The van der Waals surface area contributed by atoms with Crippen molar-refractivity contribution in [3.63, 3.8) is 0 Å². The lowest BCUT2D eigenvalue weighted by Crippen LogP contribution is -2.39. The van der Waals surface area contributed by atoms with Crippen LogP contribution in [-0.2, 0) is 19.6 Å². The minimum Gasteiger partial charge on any atom is -0.300 e. The Morgan fingerprint density at radius 2 is 1.41 bits per heavy atom. The molecule has 2 heterocycles. The molecular formula is C21H28ClN3O2. The molecule has 2 aromatic rings. The second-order valence-corrected chi connectivity index (χ2v) is 7.74. The molecule has 5 nitrogen and oxygen atoms in total. The molecule has 146 valence electrons. The number of fused-ring (bicyclic) bond motifs is 2. The zero-order chi connectivity index (χ0) is 19.1. The molecule has 0 fully saturated rings. The second-order valence-electron chi connectivity index (χ2n) is 7.31. The van der Waals surface area contributed by atoms with Crippen molar-refractivity contribution in [3.05, 3.63) is 68.0 Å². The van der Waals surface area contributed by atoms with E-state index in [4.69, 9.17) is 11.6 Å². The van der Waals surface area contributed by atoms with Crippen LogP contribution in [0.2, 0.25) is 5.02 Å². The molecule has 0 N–H and O–H groups in total. The highest BCUT2D eigenvalue weighted by atomic mass is 35.5. The highest BCUT2D eigenvalue weighted by Crippen LogP contribution is 2.13. The summed E-state index contributed by atoms with van der Waals surface area (Å²) in [6, 6.07) is 9.60. The van der Waals surface area contributed by atoms with E-state index >= 15 is 0 Å². The Morgan fingerprint density at radius 3 is 2.11 bits per heavy atom. The maximum Gasteiger partial charge on any atom is 0.330 e. The van der Waals surface area contributed by atoms with Crippen molar-refractivity contribution in [3.8, 4) is 0 Å². The Morgan fingerprint density at radius 1 is 0.778 bits per heavy atom. The van der Waals surface area contributed by atoms with Gasteiger partial charge in [0.05, 0.1) is 0 Å². The molecule has 0 spiro atoms. The van der Waals surface area contributed by atoms with Gasteiger partial charge in [-0.2, -0.15) is 0 Å². The van der Waals surface area contributed by atoms with Crippen molar-refractivity contribution in [1.29, 1.82) is 0 Å². The van der Waals surface area contributed by atoms with Gasteiger partial charge in [-0.1, -0.05) is 36.6 Å². The number of aromatic nitrogens is 2. The number of aryl methyl sites for hydroxylation is 1. The molecule has 6 heteroatoms. The van der Waals surface area contributed by atoms with Crippen molar-refractivity contribution in [2.45, 2.75) is 58.2 Å². The van der Waals surface area contributed by atoms with Gasteiger partial charge in [-0.25, -0.2) is 4.79 Å². The molecule has 1 aliphatic rings. The molecule has 1 aromatic carbocycles. The van der Waals surface area contributed by atoms with Crippen molar-refractivity contribution in [2.24, 2.45) is 0 Å². The highest BCUT2D eigenvalue weighted by Gasteiger charge is 2.09. The molecule has 0 saturated carbocycles. The fraction of sp³-hybridized carbons (Fsp3) is 0.524. The van der Waals surface area contributed by atoms with E-state index in [9.17, 15) is 9.59 Å². The van der Waals surface area contributed by atoms with Crippen LogP contribution in [0.15, 0.2) is 46.1 Å². The molecule has 0 atom stereocenters. The number of rotatable bonds is 2. The third-order valence-electron chi connectivity index (χ3n) is 5.19. The largest absolute Gasteiger partial charge is 0.330 e. The number of benzene rings is 1. The molecule has 2 bridgehead atoms. The van der Waals surface area contributed by atoms with Crippen molar-refractivity contribution >= 4 is 11.6 Å². The molecule has 1 aliphatic heterocycles. The first-order chi connectivity index (χ1) is 13.1. The third kappa shape index (κ3) is 5.81. The summed E-state index contributed by atoms with van der Waals surface area (Å²) in [5, 5.41) is 0.772. The Kier molecular flexibility index (Phi) is 7.30. The third-order valence-corrected chi connectivity index (χ3v) is 5.44. The Bertz CT molecular complexity index is 842. The quantitative estimate of drug-likeness (QED) is 0.789. The van der Waals surface area contributed by atoms with E-state index in [1.807, 2.05) is 12.1 Å². The molecule has 0 amide bonds. The summed E-state index contributed by atoms with van der Waals surface area (Å²) in [5.41, 5.74) is 0.935. The Balaban J connectivity index is 1.64. The second kappa shape index (κ2) is 9.90. The molecule has 0 saturated heterocycles.